The first-order chi connectivity index (χ1) is 8.64. The van der Waals surface area contributed by atoms with Gasteiger partial charge in [-0.15, -0.1) is 0 Å². The molecular weight excluding hydrogens is 220 g/mol. The van der Waals surface area contributed by atoms with Crippen molar-refractivity contribution in [1.82, 2.24) is 10.2 Å². The standard InChI is InChI=1S/C16H24N2/c1-16(2)11-15(12-17-16)18-9-7-13-5-3-4-6-14(13)8-10-18/h3-6,15,17H,7-12H2,1-2H3. The van der Waals surface area contributed by atoms with Crippen LogP contribution in [0.3, 0.4) is 0 Å². The molecule has 1 atom stereocenters. The van der Waals surface area contributed by atoms with E-state index in [0.29, 0.717) is 5.54 Å². The van der Waals surface area contributed by atoms with Crippen LogP contribution >= 0.6 is 0 Å². The van der Waals surface area contributed by atoms with Crippen LogP contribution in [0.5, 0.6) is 0 Å². The summed E-state index contributed by atoms with van der Waals surface area (Å²) in [6.07, 6.45) is 3.71. The lowest BCUT2D eigenvalue weighted by molar-refractivity contribution is 0.211. The lowest BCUT2D eigenvalue weighted by Crippen LogP contribution is -2.38. The Bertz CT molecular complexity index is 398. The number of nitrogens with zero attached hydrogens (tertiary/aromatic N) is 1. The molecule has 0 saturated carbocycles. The summed E-state index contributed by atoms with van der Waals surface area (Å²) in [4.78, 5) is 2.70. The highest BCUT2D eigenvalue weighted by molar-refractivity contribution is 5.28. The van der Waals surface area contributed by atoms with Gasteiger partial charge < -0.3 is 5.32 Å². The van der Waals surface area contributed by atoms with Crippen LogP contribution in [0.4, 0.5) is 0 Å². The summed E-state index contributed by atoms with van der Waals surface area (Å²) in [5.41, 5.74) is 3.44. The predicted octanol–water partition coefficient (Wildman–Crippen LogP) is 2.23. The Morgan fingerprint density at radius 3 is 2.22 bits per heavy atom. The normalized spacial score (nSPS) is 27.8. The van der Waals surface area contributed by atoms with Crippen molar-refractivity contribution in [2.45, 2.75) is 44.7 Å². The highest BCUT2D eigenvalue weighted by Gasteiger charge is 2.34. The van der Waals surface area contributed by atoms with E-state index in [2.05, 4.69) is 48.3 Å². The molecule has 98 valence electrons. The van der Waals surface area contributed by atoms with Crippen molar-refractivity contribution in [1.29, 1.82) is 0 Å². The van der Waals surface area contributed by atoms with Gasteiger partial charge in [0.1, 0.15) is 0 Å². The summed E-state index contributed by atoms with van der Waals surface area (Å²) in [6.45, 7) is 8.24. The molecule has 0 spiro atoms. The molecule has 1 saturated heterocycles. The summed E-state index contributed by atoms with van der Waals surface area (Å²) in [5, 5.41) is 3.64. The first kappa shape index (κ1) is 12.2. The lowest BCUT2D eigenvalue weighted by Gasteiger charge is -2.27. The molecule has 18 heavy (non-hydrogen) atoms. The SMILES string of the molecule is CC1(C)CC(N2CCc3ccccc3CC2)CN1. The summed E-state index contributed by atoms with van der Waals surface area (Å²) in [7, 11) is 0. The highest BCUT2D eigenvalue weighted by Crippen LogP contribution is 2.24. The largest absolute Gasteiger partial charge is 0.310 e. The Morgan fingerprint density at radius 2 is 1.72 bits per heavy atom. The molecule has 2 aliphatic rings. The van der Waals surface area contributed by atoms with Crippen LogP contribution in [0.15, 0.2) is 24.3 Å². The van der Waals surface area contributed by atoms with Gasteiger partial charge in [0.05, 0.1) is 0 Å². The molecule has 1 aromatic carbocycles. The zero-order chi connectivity index (χ0) is 12.6. The molecule has 0 aromatic heterocycles. The molecule has 1 aromatic rings. The van der Waals surface area contributed by atoms with Gasteiger partial charge in [-0.1, -0.05) is 24.3 Å². The van der Waals surface area contributed by atoms with Gasteiger partial charge in [-0.25, -0.2) is 0 Å². The average Bonchev–Trinajstić information content (AvgIpc) is 2.60. The third-order valence-electron chi connectivity index (χ3n) is 4.53. The molecule has 2 nitrogen and oxygen atoms in total. The maximum atomic E-state index is 3.64. The molecule has 1 N–H and O–H groups in total. The van der Waals surface area contributed by atoms with Crippen LogP contribution in [-0.2, 0) is 12.8 Å². The van der Waals surface area contributed by atoms with Crippen molar-refractivity contribution in [3.8, 4) is 0 Å². The fourth-order valence-corrected chi connectivity index (χ4v) is 3.44. The molecule has 0 amide bonds. The average molecular weight is 244 g/mol. The summed E-state index contributed by atoms with van der Waals surface area (Å²) >= 11 is 0. The molecule has 2 heteroatoms. The monoisotopic (exact) mass is 244 g/mol. The second-order valence-corrected chi connectivity index (χ2v) is 6.43. The number of hydrogen-bond donors (Lipinski definition) is 1. The van der Waals surface area contributed by atoms with Gasteiger partial charge in [-0.2, -0.15) is 0 Å². The van der Waals surface area contributed by atoms with Crippen molar-refractivity contribution >= 4 is 0 Å². The Hall–Kier alpha value is -0.860. The summed E-state index contributed by atoms with van der Waals surface area (Å²) in [6, 6.07) is 9.68. The Balaban J connectivity index is 1.68. The van der Waals surface area contributed by atoms with E-state index in [1.54, 1.807) is 11.1 Å². The molecule has 2 aliphatic heterocycles. The van der Waals surface area contributed by atoms with Crippen molar-refractivity contribution in [2.24, 2.45) is 0 Å². The fourth-order valence-electron chi connectivity index (χ4n) is 3.44. The van der Waals surface area contributed by atoms with Gasteiger partial charge in [0, 0.05) is 31.2 Å². The maximum Gasteiger partial charge on any atom is 0.0238 e. The molecular formula is C16H24N2. The minimum atomic E-state index is 0.323. The Kier molecular flexibility index (Phi) is 3.16. The van der Waals surface area contributed by atoms with E-state index in [-0.39, 0.29) is 0 Å². The molecule has 1 unspecified atom stereocenters. The topological polar surface area (TPSA) is 15.3 Å². The van der Waals surface area contributed by atoms with Crippen LogP contribution in [-0.4, -0.2) is 36.1 Å². The number of benzene rings is 1. The molecule has 0 bridgehead atoms. The molecule has 0 aliphatic carbocycles. The van der Waals surface area contributed by atoms with Crippen molar-refractivity contribution in [2.75, 3.05) is 19.6 Å². The third kappa shape index (κ3) is 2.45. The minimum Gasteiger partial charge on any atom is -0.310 e. The maximum absolute atomic E-state index is 3.64. The number of nitrogens with one attached hydrogen (secondary N) is 1. The van der Waals surface area contributed by atoms with Crippen LogP contribution in [0, 0.1) is 0 Å². The van der Waals surface area contributed by atoms with Gasteiger partial charge in [0.2, 0.25) is 0 Å². The lowest BCUT2D eigenvalue weighted by atomic mass is 10.0. The fraction of sp³-hybridized carbons (Fsp3) is 0.625. The highest BCUT2D eigenvalue weighted by atomic mass is 15.2. The molecule has 3 rings (SSSR count). The quantitative estimate of drug-likeness (QED) is 0.815. The van der Waals surface area contributed by atoms with Gasteiger partial charge in [-0.05, 0) is 44.2 Å². The van der Waals surface area contributed by atoms with Crippen LogP contribution in [0.2, 0.25) is 0 Å². The minimum absolute atomic E-state index is 0.323. The van der Waals surface area contributed by atoms with Crippen molar-refractivity contribution in [3.63, 3.8) is 0 Å². The number of rotatable bonds is 1. The Labute approximate surface area is 110 Å². The van der Waals surface area contributed by atoms with E-state index in [9.17, 15) is 0 Å². The van der Waals surface area contributed by atoms with Gasteiger partial charge in [0.15, 0.2) is 0 Å². The van der Waals surface area contributed by atoms with Gasteiger partial charge in [-0.3, -0.25) is 4.90 Å². The molecule has 2 heterocycles. The van der Waals surface area contributed by atoms with Crippen molar-refractivity contribution in [3.05, 3.63) is 35.4 Å². The second-order valence-electron chi connectivity index (χ2n) is 6.43. The van der Waals surface area contributed by atoms with Crippen molar-refractivity contribution < 1.29 is 0 Å². The first-order valence-corrected chi connectivity index (χ1v) is 7.20. The predicted molar refractivity (Wildman–Crippen MR) is 75.9 cm³/mol. The summed E-state index contributed by atoms with van der Waals surface area (Å²) in [5.74, 6) is 0. The van der Waals surface area contributed by atoms with Crippen LogP contribution in [0.1, 0.15) is 31.4 Å². The van der Waals surface area contributed by atoms with Crippen LogP contribution in [0.25, 0.3) is 0 Å². The van der Waals surface area contributed by atoms with E-state index >= 15 is 0 Å². The number of fused-ring (bicyclic) bond motifs is 1. The smallest absolute Gasteiger partial charge is 0.0238 e. The van der Waals surface area contributed by atoms with Gasteiger partial charge >= 0.3 is 0 Å². The van der Waals surface area contributed by atoms with Crippen LogP contribution < -0.4 is 5.32 Å². The second kappa shape index (κ2) is 4.67. The van der Waals surface area contributed by atoms with E-state index in [1.807, 2.05) is 0 Å². The zero-order valence-corrected chi connectivity index (χ0v) is 11.6. The summed E-state index contributed by atoms with van der Waals surface area (Å²) < 4.78 is 0. The van der Waals surface area contributed by atoms with E-state index in [4.69, 9.17) is 0 Å². The van der Waals surface area contributed by atoms with Gasteiger partial charge in [0.25, 0.3) is 0 Å². The van der Waals surface area contributed by atoms with E-state index in [0.717, 1.165) is 12.6 Å². The Morgan fingerprint density at radius 1 is 1.11 bits per heavy atom. The van der Waals surface area contributed by atoms with E-state index in [1.165, 1.54) is 32.4 Å². The molecule has 0 radical (unpaired) electrons. The number of hydrogen-bond acceptors (Lipinski definition) is 2. The zero-order valence-electron chi connectivity index (χ0n) is 11.6. The third-order valence-corrected chi connectivity index (χ3v) is 4.53. The van der Waals surface area contributed by atoms with E-state index < -0.39 is 0 Å². The first-order valence-electron chi connectivity index (χ1n) is 7.20. The molecule has 1 fully saturated rings.